The van der Waals surface area contributed by atoms with Gasteiger partial charge in [0.05, 0.1) is 18.4 Å². The van der Waals surface area contributed by atoms with Crippen LogP contribution in [0.5, 0.6) is 11.5 Å². The van der Waals surface area contributed by atoms with Crippen molar-refractivity contribution in [1.29, 1.82) is 0 Å². The first-order chi connectivity index (χ1) is 17.4. The molecule has 0 spiro atoms. The fourth-order valence-electron chi connectivity index (χ4n) is 4.09. The summed E-state index contributed by atoms with van der Waals surface area (Å²) in [7, 11) is 1.59. The molecule has 0 aliphatic rings. The van der Waals surface area contributed by atoms with Crippen molar-refractivity contribution >= 4 is 5.65 Å². The molecule has 0 amide bonds. The lowest BCUT2D eigenvalue weighted by Gasteiger charge is -2.12. The first kappa shape index (κ1) is 23.2. The number of para-hydroxylation sites is 2. The highest BCUT2D eigenvalue weighted by atomic mass is 19.2. The molecule has 36 heavy (non-hydrogen) atoms. The maximum absolute atomic E-state index is 13.5. The lowest BCUT2D eigenvalue weighted by molar-refractivity contribution is 0.306. The fraction of sp³-hybridized carbons (Fsp3) is 0.148. The average molecular weight is 488 g/mol. The summed E-state index contributed by atoms with van der Waals surface area (Å²) in [6, 6.07) is 16.2. The fourth-order valence-corrected chi connectivity index (χ4v) is 4.09. The van der Waals surface area contributed by atoms with E-state index in [1.807, 2.05) is 37.3 Å². The van der Waals surface area contributed by atoms with Gasteiger partial charge in [0.2, 0.25) is 0 Å². The summed E-state index contributed by atoms with van der Waals surface area (Å²) in [5.74, 6) is -0.886. The number of hydrogen-bond donors (Lipinski definition) is 0. The largest absolute Gasteiger partial charge is 0.494 e. The van der Waals surface area contributed by atoms with E-state index in [-0.39, 0.29) is 12.2 Å². The highest BCUT2D eigenvalue weighted by Crippen LogP contribution is 2.27. The van der Waals surface area contributed by atoms with Crippen molar-refractivity contribution in [2.45, 2.75) is 20.5 Å². The second kappa shape index (κ2) is 9.26. The quantitative estimate of drug-likeness (QED) is 0.335. The first-order valence-corrected chi connectivity index (χ1v) is 11.2. The summed E-state index contributed by atoms with van der Waals surface area (Å²) in [5, 5.41) is 4.69. The summed E-state index contributed by atoms with van der Waals surface area (Å²) >= 11 is 0. The van der Waals surface area contributed by atoms with E-state index in [4.69, 9.17) is 9.47 Å². The smallest absolute Gasteiger partial charge is 0.267 e. The summed E-state index contributed by atoms with van der Waals surface area (Å²) < 4.78 is 41.2. The van der Waals surface area contributed by atoms with Gasteiger partial charge < -0.3 is 9.47 Å². The Morgan fingerprint density at radius 2 is 1.72 bits per heavy atom. The van der Waals surface area contributed by atoms with E-state index in [1.165, 1.54) is 10.5 Å². The molecule has 0 saturated carbocycles. The van der Waals surface area contributed by atoms with Crippen molar-refractivity contribution < 1.29 is 18.3 Å². The Hall–Kier alpha value is -4.53. The third-order valence-electron chi connectivity index (χ3n) is 5.83. The number of nitrogens with zero attached hydrogens (tertiary/aromatic N) is 4. The van der Waals surface area contributed by atoms with E-state index >= 15 is 0 Å². The molecule has 0 N–H and O–H groups in total. The zero-order valence-corrected chi connectivity index (χ0v) is 19.8. The number of hydrogen-bond acceptors (Lipinski definition) is 5. The Bertz CT molecular complexity index is 1660. The highest BCUT2D eigenvalue weighted by molar-refractivity contribution is 5.66. The lowest BCUT2D eigenvalue weighted by atomic mass is 10.1. The summed E-state index contributed by atoms with van der Waals surface area (Å²) in [5.41, 5.74) is 3.35. The highest BCUT2D eigenvalue weighted by Gasteiger charge is 2.19. The number of aryl methyl sites for hydroxylation is 2. The van der Waals surface area contributed by atoms with Crippen molar-refractivity contribution in [1.82, 2.24) is 19.2 Å². The Morgan fingerprint density at radius 3 is 2.50 bits per heavy atom. The zero-order chi connectivity index (χ0) is 25.4. The first-order valence-electron chi connectivity index (χ1n) is 11.2. The van der Waals surface area contributed by atoms with E-state index in [1.54, 1.807) is 37.0 Å². The van der Waals surface area contributed by atoms with Gasteiger partial charge in [0, 0.05) is 11.9 Å². The molecule has 3 aromatic heterocycles. The molecule has 182 valence electrons. The molecule has 0 saturated heterocycles. The van der Waals surface area contributed by atoms with Crippen LogP contribution < -0.4 is 15.0 Å². The van der Waals surface area contributed by atoms with Crippen LogP contribution in [-0.4, -0.2) is 26.3 Å². The minimum Gasteiger partial charge on any atom is -0.494 e. The Labute approximate surface area is 205 Å². The van der Waals surface area contributed by atoms with E-state index in [0.717, 1.165) is 23.5 Å². The summed E-state index contributed by atoms with van der Waals surface area (Å²) in [6.45, 7) is 3.62. The van der Waals surface area contributed by atoms with E-state index in [2.05, 4.69) is 10.1 Å². The molecule has 3 heterocycles. The van der Waals surface area contributed by atoms with E-state index in [9.17, 15) is 13.6 Å². The van der Waals surface area contributed by atoms with Gasteiger partial charge in [0.1, 0.15) is 23.7 Å². The predicted octanol–water partition coefficient (Wildman–Crippen LogP) is 5.03. The molecule has 0 aliphatic heterocycles. The van der Waals surface area contributed by atoms with Crippen LogP contribution in [0, 0.1) is 25.5 Å². The Balaban J connectivity index is 1.55. The number of benzene rings is 2. The molecule has 0 fully saturated rings. The molecular weight excluding hydrogens is 466 g/mol. The van der Waals surface area contributed by atoms with Crippen molar-refractivity contribution in [3.8, 4) is 28.4 Å². The number of halogens is 2. The van der Waals surface area contributed by atoms with Crippen LogP contribution in [0.2, 0.25) is 0 Å². The number of aromatic nitrogens is 4. The molecule has 5 rings (SSSR count). The van der Waals surface area contributed by atoms with Gasteiger partial charge in [0.15, 0.2) is 23.0 Å². The summed E-state index contributed by atoms with van der Waals surface area (Å²) in [4.78, 5) is 18.2. The minimum atomic E-state index is -0.952. The Morgan fingerprint density at radius 1 is 0.944 bits per heavy atom. The van der Waals surface area contributed by atoms with Gasteiger partial charge in [-0.2, -0.15) is 5.10 Å². The average Bonchev–Trinajstić information content (AvgIpc) is 3.25. The van der Waals surface area contributed by atoms with E-state index < -0.39 is 11.6 Å². The molecule has 0 atom stereocenters. The molecular formula is C27H22F2N4O3. The SMILES string of the molecule is COc1ccccc1-n1nc(-c2c(C)nc3c(OCc4ccc(F)c(F)c4)cccn3c2=O)cc1C. The van der Waals surface area contributed by atoms with Crippen LogP contribution in [0.4, 0.5) is 8.78 Å². The van der Waals surface area contributed by atoms with Crippen molar-refractivity contribution in [3.05, 3.63) is 106 Å². The van der Waals surface area contributed by atoms with Crippen molar-refractivity contribution in [2.75, 3.05) is 7.11 Å². The van der Waals surface area contributed by atoms with Crippen molar-refractivity contribution in [2.24, 2.45) is 0 Å². The lowest BCUT2D eigenvalue weighted by Crippen LogP contribution is -2.19. The van der Waals surface area contributed by atoms with Crippen LogP contribution in [0.1, 0.15) is 17.0 Å². The van der Waals surface area contributed by atoms with E-state index in [0.29, 0.717) is 39.7 Å². The standard InChI is InChI=1S/C27H22F2N4O3/c1-16-13-21(31-33(16)22-7-4-5-8-23(22)35-3)25-17(2)30-26-24(9-6-12-32(26)27(25)34)36-15-18-10-11-19(28)20(29)14-18/h4-14H,15H2,1-3H3. The zero-order valence-electron chi connectivity index (χ0n) is 19.8. The third-order valence-corrected chi connectivity index (χ3v) is 5.83. The maximum Gasteiger partial charge on any atom is 0.267 e. The number of methoxy groups -OCH3 is 1. The predicted molar refractivity (Wildman–Crippen MR) is 131 cm³/mol. The monoisotopic (exact) mass is 488 g/mol. The Kier molecular flexibility index (Phi) is 5.97. The van der Waals surface area contributed by atoms with Gasteiger partial charge in [-0.1, -0.05) is 18.2 Å². The topological polar surface area (TPSA) is 70.7 Å². The maximum atomic E-state index is 13.5. The summed E-state index contributed by atoms with van der Waals surface area (Å²) in [6.07, 6.45) is 1.60. The molecule has 5 aromatic rings. The second-order valence-electron chi connectivity index (χ2n) is 8.24. The number of pyridine rings is 1. The number of ether oxygens (including phenoxy) is 2. The van der Waals surface area contributed by atoms with Crippen LogP contribution in [0.15, 0.2) is 71.7 Å². The normalized spacial score (nSPS) is 11.1. The molecule has 0 radical (unpaired) electrons. The van der Waals surface area contributed by atoms with Gasteiger partial charge in [-0.25, -0.2) is 18.4 Å². The van der Waals surface area contributed by atoms with Crippen LogP contribution in [-0.2, 0) is 6.61 Å². The van der Waals surface area contributed by atoms with Crippen LogP contribution in [0.3, 0.4) is 0 Å². The van der Waals surface area contributed by atoms with Crippen molar-refractivity contribution in [3.63, 3.8) is 0 Å². The third kappa shape index (κ3) is 4.08. The van der Waals surface area contributed by atoms with Gasteiger partial charge in [-0.15, -0.1) is 0 Å². The minimum absolute atomic E-state index is 0.0178. The van der Waals surface area contributed by atoms with Crippen LogP contribution >= 0.6 is 0 Å². The van der Waals surface area contributed by atoms with Gasteiger partial charge in [-0.05, 0) is 61.9 Å². The van der Waals surface area contributed by atoms with Crippen LogP contribution in [0.25, 0.3) is 22.6 Å². The molecule has 9 heteroatoms. The molecule has 0 bridgehead atoms. The second-order valence-corrected chi connectivity index (χ2v) is 8.24. The molecule has 7 nitrogen and oxygen atoms in total. The molecule has 2 aromatic carbocycles. The number of fused-ring (bicyclic) bond motifs is 1. The number of rotatable bonds is 6. The molecule has 0 aliphatic carbocycles. The van der Waals surface area contributed by atoms with Gasteiger partial charge in [-0.3, -0.25) is 9.20 Å². The van der Waals surface area contributed by atoms with Gasteiger partial charge >= 0.3 is 0 Å². The molecule has 0 unspecified atom stereocenters. The van der Waals surface area contributed by atoms with Gasteiger partial charge in [0.25, 0.3) is 5.56 Å².